The topological polar surface area (TPSA) is 39.1 Å². The van der Waals surface area contributed by atoms with Crippen LogP contribution in [0.15, 0.2) is 24.3 Å². The highest BCUT2D eigenvalue weighted by molar-refractivity contribution is 6.01. The lowest BCUT2D eigenvalue weighted by atomic mass is 9.62. The highest BCUT2D eigenvalue weighted by Gasteiger charge is 2.48. The number of hydrogen-bond donors (Lipinski definition) is 0. The molecule has 0 amide bonds. The van der Waals surface area contributed by atoms with Crippen molar-refractivity contribution in [1.82, 2.24) is 4.57 Å². The fourth-order valence-corrected chi connectivity index (χ4v) is 5.04. The first-order valence-electron chi connectivity index (χ1n) is 7.94. The molecule has 21 heavy (non-hydrogen) atoms. The van der Waals surface area contributed by atoms with Gasteiger partial charge < -0.3 is 0 Å². The lowest BCUT2D eigenvalue weighted by Crippen LogP contribution is -2.42. The van der Waals surface area contributed by atoms with Crippen molar-refractivity contribution in [3.05, 3.63) is 35.5 Å². The maximum atomic E-state index is 12.7. The Balaban J connectivity index is 1.90. The quantitative estimate of drug-likeness (QED) is 0.742. The van der Waals surface area contributed by atoms with Crippen LogP contribution in [0.5, 0.6) is 0 Å². The van der Waals surface area contributed by atoms with E-state index in [-0.39, 0.29) is 11.8 Å². The lowest BCUT2D eigenvalue weighted by molar-refractivity contribution is -0.125. The summed E-state index contributed by atoms with van der Waals surface area (Å²) in [6.45, 7) is 0. The molecule has 2 aromatic rings. The predicted molar refractivity (Wildman–Crippen MR) is 79.5 cm³/mol. The predicted octanol–water partition coefficient (Wildman–Crippen LogP) is 3.31. The van der Waals surface area contributed by atoms with Crippen molar-refractivity contribution >= 4 is 22.6 Å². The van der Waals surface area contributed by atoms with Crippen LogP contribution in [-0.4, -0.2) is 16.3 Å². The summed E-state index contributed by atoms with van der Waals surface area (Å²) in [5, 5.41) is 1.11. The van der Waals surface area contributed by atoms with Crippen LogP contribution in [0.2, 0.25) is 0 Å². The monoisotopic (exact) mass is 279 g/mol. The Morgan fingerprint density at radius 2 is 1.95 bits per heavy atom. The van der Waals surface area contributed by atoms with Gasteiger partial charge in [0.1, 0.15) is 5.78 Å². The molecule has 2 heterocycles. The molecule has 3 atom stereocenters. The molecule has 3 heteroatoms. The first-order valence-corrected chi connectivity index (χ1v) is 7.94. The number of ketones is 1. The molecule has 0 spiro atoms. The molecule has 106 valence electrons. The zero-order valence-electron chi connectivity index (χ0n) is 11.8. The van der Waals surface area contributed by atoms with Gasteiger partial charge in [0.05, 0.1) is 5.52 Å². The van der Waals surface area contributed by atoms with E-state index in [2.05, 4.69) is 6.07 Å². The van der Waals surface area contributed by atoms with E-state index in [1.807, 2.05) is 22.8 Å². The summed E-state index contributed by atoms with van der Waals surface area (Å²) >= 11 is 0. The number of carbonyl (C=O) groups excluding carboxylic acids is 2. The zero-order chi connectivity index (χ0) is 14.1. The molecule has 1 aliphatic heterocycles. The van der Waals surface area contributed by atoms with Crippen LogP contribution in [0.3, 0.4) is 0 Å². The van der Waals surface area contributed by atoms with Gasteiger partial charge in [0.25, 0.3) is 0 Å². The molecule has 1 fully saturated rings. The lowest BCUT2D eigenvalue weighted by Gasteiger charge is -2.43. The Bertz CT molecular complexity index is 801. The molecule has 3 aliphatic rings. The third kappa shape index (κ3) is 1.34. The molecule has 2 aliphatic carbocycles. The standard InChI is InChI=1S/C18H17NO2/c20-15-9-13-11-5-1-2-7-14(11)19-16(21)8-10-4-3-6-12(15)17(10)18(13)19/h1-2,5,7,10,12,17H,3-4,6,8-9H2/t10-,12+,17+/m1/s1. The fraction of sp³-hybridized carbons (Fsp3) is 0.444. The normalized spacial score (nSPS) is 30.6. The van der Waals surface area contributed by atoms with Gasteiger partial charge in [-0.25, -0.2) is 0 Å². The first-order chi connectivity index (χ1) is 10.3. The molecular weight excluding hydrogens is 262 g/mol. The Hall–Kier alpha value is -1.90. The van der Waals surface area contributed by atoms with Crippen LogP contribution in [0.1, 0.15) is 47.7 Å². The number of aromatic nitrogens is 1. The minimum Gasteiger partial charge on any atom is -0.299 e. The Morgan fingerprint density at radius 1 is 1.10 bits per heavy atom. The highest BCUT2D eigenvalue weighted by atomic mass is 16.2. The van der Waals surface area contributed by atoms with E-state index >= 15 is 0 Å². The Labute approximate surface area is 122 Å². The van der Waals surface area contributed by atoms with Gasteiger partial charge in [-0.05, 0) is 30.4 Å². The molecule has 1 aromatic heterocycles. The van der Waals surface area contributed by atoms with Gasteiger partial charge in [0.2, 0.25) is 5.91 Å². The largest absolute Gasteiger partial charge is 0.299 e. The van der Waals surface area contributed by atoms with Crippen LogP contribution in [-0.2, 0) is 11.2 Å². The van der Waals surface area contributed by atoms with Crippen molar-refractivity contribution in [2.45, 2.75) is 38.0 Å². The number of carbonyl (C=O) groups is 2. The minimum atomic E-state index is 0.160. The number of para-hydroxylation sites is 1. The van der Waals surface area contributed by atoms with Gasteiger partial charge in [-0.15, -0.1) is 0 Å². The molecule has 3 nitrogen and oxygen atoms in total. The second-order valence-electron chi connectivity index (χ2n) is 6.78. The summed E-state index contributed by atoms with van der Waals surface area (Å²) in [6, 6.07) is 8.07. The highest BCUT2D eigenvalue weighted by Crippen LogP contribution is 2.52. The van der Waals surface area contributed by atoms with Crippen molar-refractivity contribution in [2.24, 2.45) is 11.8 Å². The van der Waals surface area contributed by atoms with Gasteiger partial charge in [0.15, 0.2) is 0 Å². The van der Waals surface area contributed by atoms with E-state index in [0.29, 0.717) is 30.5 Å². The minimum absolute atomic E-state index is 0.160. The van der Waals surface area contributed by atoms with E-state index in [1.165, 1.54) is 5.69 Å². The Kier molecular flexibility index (Phi) is 2.15. The summed E-state index contributed by atoms with van der Waals surface area (Å²) in [5.41, 5.74) is 3.32. The summed E-state index contributed by atoms with van der Waals surface area (Å²) in [4.78, 5) is 25.3. The molecular formula is C18H17NO2. The van der Waals surface area contributed by atoms with E-state index in [4.69, 9.17) is 0 Å². The maximum absolute atomic E-state index is 12.7. The van der Waals surface area contributed by atoms with Crippen LogP contribution in [0.4, 0.5) is 0 Å². The summed E-state index contributed by atoms with van der Waals surface area (Å²) in [5.74, 6) is 1.46. The molecule has 0 N–H and O–H groups in total. The summed E-state index contributed by atoms with van der Waals surface area (Å²) in [7, 11) is 0. The van der Waals surface area contributed by atoms with Gasteiger partial charge in [-0.2, -0.15) is 0 Å². The summed E-state index contributed by atoms with van der Waals surface area (Å²) < 4.78 is 1.94. The number of Topliss-reactive ketones (excluding diaryl/α,β-unsaturated/α-hetero) is 1. The van der Waals surface area contributed by atoms with Crippen molar-refractivity contribution in [2.75, 3.05) is 0 Å². The van der Waals surface area contributed by atoms with Crippen molar-refractivity contribution < 1.29 is 9.59 Å². The molecule has 0 saturated heterocycles. The molecule has 5 rings (SSSR count). The molecule has 1 aromatic carbocycles. The van der Waals surface area contributed by atoms with Crippen molar-refractivity contribution in [1.29, 1.82) is 0 Å². The zero-order valence-corrected chi connectivity index (χ0v) is 11.8. The number of benzene rings is 1. The van der Waals surface area contributed by atoms with Gasteiger partial charge in [0, 0.05) is 35.8 Å². The van der Waals surface area contributed by atoms with Crippen LogP contribution >= 0.6 is 0 Å². The van der Waals surface area contributed by atoms with Gasteiger partial charge in [-0.3, -0.25) is 14.2 Å². The molecule has 1 saturated carbocycles. The number of nitrogens with zero attached hydrogens (tertiary/aromatic N) is 1. The summed E-state index contributed by atoms with van der Waals surface area (Å²) in [6.07, 6.45) is 4.33. The fourth-order valence-electron chi connectivity index (χ4n) is 5.04. The average molecular weight is 279 g/mol. The number of rotatable bonds is 0. The third-order valence-electron chi connectivity index (χ3n) is 5.82. The van der Waals surface area contributed by atoms with Gasteiger partial charge in [-0.1, -0.05) is 24.6 Å². The maximum Gasteiger partial charge on any atom is 0.231 e. The number of fused-ring (bicyclic) bond motifs is 3. The second kappa shape index (κ2) is 3.85. The van der Waals surface area contributed by atoms with E-state index < -0.39 is 0 Å². The smallest absolute Gasteiger partial charge is 0.231 e. The third-order valence-corrected chi connectivity index (χ3v) is 5.82. The van der Waals surface area contributed by atoms with E-state index in [9.17, 15) is 9.59 Å². The van der Waals surface area contributed by atoms with Crippen LogP contribution in [0.25, 0.3) is 10.9 Å². The molecule has 0 radical (unpaired) electrons. The van der Waals surface area contributed by atoms with Crippen LogP contribution in [0, 0.1) is 11.8 Å². The number of hydrogen-bond acceptors (Lipinski definition) is 2. The van der Waals surface area contributed by atoms with Crippen molar-refractivity contribution in [3.63, 3.8) is 0 Å². The molecule has 0 unspecified atom stereocenters. The Morgan fingerprint density at radius 3 is 2.86 bits per heavy atom. The van der Waals surface area contributed by atoms with Gasteiger partial charge >= 0.3 is 0 Å². The SMILES string of the molecule is O=C1Cc2c3n(c4ccccc24)C(=O)C[C@H]2CCC[C@@H]1[C@@H]32. The van der Waals surface area contributed by atoms with E-state index in [0.717, 1.165) is 35.7 Å². The average Bonchev–Trinajstić information content (AvgIpc) is 2.83. The first kappa shape index (κ1) is 11.7. The van der Waals surface area contributed by atoms with Crippen molar-refractivity contribution in [3.8, 4) is 0 Å². The van der Waals surface area contributed by atoms with Crippen LogP contribution < -0.4 is 0 Å². The van der Waals surface area contributed by atoms with E-state index in [1.54, 1.807) is 0 Å². The second-order valence-corrected chi connectivity index (χ2v) is 6.78. The molecule has 0 bridgehead atoms.